The van der Waals surface area contributed by atoms with Crippen molar-refractivity contribution in [2.45, 2.75) is 38.0 Å². The van der Waals surface area contributed by atoms with E-state index in [0.29, 0.717) is 37.6 Å². The fourth-order valence-electron chi connectivity index (χ4n) is 5.00. The van der Waals surface area contributed by atoms with E-state index in [-0.39, 0.29) is 12.5 Å². The van der Waals surface area contributed by atoms with Crippen molar-refractivity contribution < 1.29 is 19.4 Å². The van der Waals surface area contributed by atoms with Crippen molar-refractivity contribution in [2.24, 2.45) is 4.99 Å². The van der Waals surface area contributed by atoms with Gasteiger partial charge in [0.15, 0.2) is 11.6 Å². The number of aliphatic imine (C=N–C) groups is 1. The van der Waals surface area contributed by atoms with Crippen molar-refractivity contribution in [3.63, 3.8) is 0 Å². The summed E-state index contributed by atoms with van der Waals surface area (Å²) in [5.41, 5.74) is 3.47. The van der Waals surface area contributed by atoms with Crippen molar-refractivity contribution in [2.75, 3.05) is 13.2 Å². The maximum atomic E-state index is 14.3. The third-order valence-corrected chi connectivity index (χ3v) is 7.86. The van der Waals surface area contributed by atoms with Crippen molar-refractivity contribution in [1.29, 1.82) is 0 Å². The number of aliphatic hydroxyl groups is 1. The van der Waals surface area contributed by atoms with Crippen LogP contribution in [0.15, 0.2) is 113 Å². The van der Waals surface area contributed by atoms with Gasteiger partial charge in [-0.05, 0) is 53.9 Å². The van der Waals surface area contributed by atoms with Gasteiger partial charge in [0, 0.05) is 36.0 Å². The standard InChI is InChI=1S/C34H33BrN2O4/c1-24-9-7-10-25(21-24)23-36-33(39)34(22-28-13-5-6-14-30(28)35)31(26-11-3-2-4-12-26)41-32(37-34)27-15-17-29(18-16-27)40-20-8-19-38/h2-7,9-18,21,31,38H,8,19-20,22-23H2,1H3,(H,36,39)/t31-,34-/m1/s1. The molecule has 2 atom stereocenters. The Labute approximate surface area is 249 Å². The number of benzene rings is 4. The molecule has 0 saturated heterocycles. The van der Waals surface area contributed by atoms with Crippen LogP contribution in [0.3, 0.4) is 0 Å². The van der Waals surface area contributed by atoms with E-state index >= 15 is 0 Å². The highest BCUT2D eigenvalue weighted by atomic mass is 79.9. The molecular formula is C34H33BrN2O4. The minimum atomic E-state index is -1.26. The third-order valence-electron chi connectivity index (χ3n) is 7.09. The number of nitrogens with zero attached hydrogens (tertiary/aromatic N) is 1. The molecule has 210 valence electrons. The minimum Gasteiger partial charge on any atom is -0.494 e. The maximum absolute atomic E-state index is 14.3. The molecule has 5 rings (SSSR count). The van der Waals surface area contributed by atoms with Gasteiger partial charge >= 0.3 is 0 Å². The largest absolute Gasteiger partial charge is 0.494 e. The molecule has 0 aliphatic carbocycles. The zero-order valence-corrected chi connectivity index (χ0v) is 24.5. The van der Waals surface area contributed by atoms with Gasteiger partial charge in [0.1, 0.15) is 5.75 Å². The molecule has 1 aliphatic heterocycles. The van der Waals surface area contributed by atoms with E-state index in [1.807, 2.05) is 104 Å². The summed E-state index contributed by atoms with van der Waals surface area (Å²) in [6.07, 6.45) is 0.245. The number of carbonyl (C=O) groups is 1. The van der Waals surface area contributed by atoms with Crippen LogP contribution in [0.4, 0.5) is 0 Å². The average molecular weight is 614 g/mol. The number of amides is 1. The molecule has 4 aromatic rings. The molecule has 0 spiro atoms. The monoisotopic (exact) mass is 612 g/mol. The van der Waals surface area contributed by atoms with Gasteiger partial charge < -0.3 is 19.9 Å². The van der Waals surface area contributed by atoms with Crippen molar-refractivity contribution in [3.8, 4) is 5.75 Å². The summed E-state index contributed by atoms with van der Waals surface area (Å²) in [5.74, 6) is 0.886. The Bertz CT molecular complexity index is 1510. The van der Waals surface area contributed by atoms with E-state index < -0.39 is 11.6 Å². The molecule has 0 bridgehead atoms. The Kier molecular flexibility index (Phi) is 9.17. The molecule has 41 heavy (non-hydrogen) atoms. The topological polar surface area (TPSA) is 80.2 Å². The number of halogens is 1. The van der Waals surface area contributed by atoms with Gasteiger partial charge in [0.25, 0.3) is 5.91 Å². The van der Waals surface area contributed by atoms with Crippen LogP contribution >= 0.6 is 15.9 Å². The van der Waals surface area contributed by atoms with Crippen LogP contribution in [0.25, 0.3) is 0 Å². The number of hydrogen-bond acceptors (Lipinski definition) is 5. The molecule has 4 aromatic carbocycles. The quantitative estimate of drug-likeness (QED) is 0.194. The Morgan fingerprint density at radius 3 is 2.49 bits per heavy atom. The fourth-order valence-corrected chi connectivity index (χ4v) is 5.42. The second-order valence-corrected chi connectivity index (χ2v) is 11.0. The molecule has 2 N–H and O–H groups in total. The zero-order valence-electron chi connectivity index (χ0n) is 22.9. The highest BCUT2D eigenvalue weighted by Gasteiger charge is 2.53. The predicted molar refractivity (Wildman–Crippen MR) is 164 cm³/mol. The molecule has 0 aromatic heterocycles. The van der Waals surface area contributed by atoms with Gasteiger partial charge in [0.2, 0.25) is 5.90 Å². The molecule has 0 unspecified atom stereocenters. The fraction of sp³-hybridized carbons (Fsp3) is 0.235. The van der Waals surface area contributed by atoms with Gasteiger partial charge in [-0.3, -0.25) is 4.79 Å². The smallest absolute Gasteiger partial charge is 0.252 e. The number of rotatable bonds is 11. The highest BCUT2D eigenvalue weighted by molar-refractivity contribution is 9.10. The summed E-state index contributed by atoms with van der Waals surface area (Å²) in [6.45, 7) is 2.93. The Morgan fingerprint density at radius 2 is 1.76 bits per heavy atom. The first kappa shape index (κ1) is 28.6. The molecule has 0 radical (unpaired) electrons. The normalized spacial score (nSPS) is 17.9. The molecule has 1 aliphatic rings. The van der Waals surface area contributed by atoms with Crippen molar-refractivity contribution in [1.82, 2.24) is 5.32 Å². The summed E-state index contributed by atoms with van der Waals surface area (Å²) in [7, 11) is 0. The Balaban J connectivity index is 1.55. The molecule has 7 heteroatoms. The lowest BCUT2D eigenvalue weighted by atomic mass is 9.82. The zero-order chi connectivity index (χ0) is 28.7. The van der Waals surface area contributed by atoms with Crippen LogP contribution < -0.4 is 10.1 Å². The van der Waals surface area contributed by atoms with Crippen molar-refractivity contribution >= 4 is 27.7 Å². The molecule has 6 nitrogen and oxygen atoms in total. The predicted octanol–water partition coefficient (Wildman–Crippen LogP) is 6.33. The van der Waals surface area contributed by atoms with E-state index in [1.165, 1.54) is 0 Å². The van der Waals surface area contributed by atoms with Crippen LogP contribution in [0, 0.1) is 6.92 Å². The number of ether oxygens (including phenoxy) is 2. The first-order valence-corrected chi connectivity index (χ1v) is 14.5. The van der Waals surface area contributed by atoms with Gasteiger partial charge in [-0.15, -0.1) is 0 Å². The lowest BCUT2D eigenvalue weighted by Crippen LogP contribution is -2.49. The summed E-state index contributed by atoms with van der Waals surface area (Å²) in [4.78, 5) is 19.5. The van der Waals surface area contributed by atoms with Crippen LogP contribution in [-0.4, -0.2) is 35.7 Å². The minimum absolute atomic E-state index is 0.0785. The van der Waals surface area contributed by atoms with Crippen LogP contribution in [0.5, 0.6) is 5.75 Å². The molecular weight excluding hydrogens is 580 g/mol. The van der Waals surface area contributed by atoms with E-state index in [1.54, 1.807) is 0 Å². The Hall–Kier alpha value is -3.94. The summed E-state index contributed by atoms with van der Waals surface area (Å²) >= 11 is 3.68. The lowest BCUT2D eigenvalue weighted by Gasteiger charge is -2.31. The van der Waals surface area contributed by atoms with Crippen LogP contribution in [0.2, 0.25) is 0 Å². The first-order chi connectivity index (χ1) is 20.0. The first-order valence-electron chi connectivity index (χ1n) is 13.7. The molecule has 0 fully saturated rings. The van der Waals surface area contributed by atoms with Gasteiger partial charge in [-0.1, -0.05) is 94.3 Å². The maximum Gasteiger partial charge on any atom is 0.252 e. The second-order valence-electron chi connectivity index (χ2n) is 10.1. The average Bonchev–Trinajstić information content (AvgIpc) is 3.38. The van der Waals surface area contributed by atoms with E-state index in [0.717, 1.165) is 32.3 Å². The van der Waals surface area contributed by atoms with Crippen LogP contribution in [-0.2, 0) is 22.5 Å². The second kappa shape index (κ2) is 13.1. The molecule has 1 heterocycles. The summed E-state index contributed by atoms with van der Waals surface area (Å²) in [6, 6.07) is 33.3. The third kappa shape index (κ3) is 6.69. The number of aliphatic hydroxyl groups excluding tert-OH is 1. The number of carbonyl (C=O) groups excluding carboxylic acids is 1. The van der Waals surface area contributed by atoms with Gasteiger partial charge in [0.05, 0.1) is 6.61 Å². The Morgan fingerprint density at radius 1 is 1.00 bits per heavy atom. The number of hydrogen-bond donors (Lipinski definition) is 2. The van der Waals surface area contributed by atoms with Gasteiger partial charge in [-0.2, -0.15) is 0 Å². The van der Waals surface area contributed by atoms with E-state index in [9.17, 15) is 4.79 Å². The van der Waals surface area contributed by atoms with E-state index in [2.05, 4.69) is 27.3 Å². The number of nitrogens with one attached hydrogen (secondary N) is 1. The van der Waals surface area contributed by atoms with Gasteiger partial charge in [-0.25, -0.2) is 4.99 Å². The summed E-state index contributed by atoms with van der Waals surface area (Å²) in [5, 5.41) is 12.2. The summed E-state index contributed by atoms with van der Waals surface area (Å²) < 4.78 is 13.2. The highest BCUT2D eigenvalue weighted by Crippen LogP contribution is 2.43. The molecule has 1 amide bonds. The van der Waals surface area contributed by atoms with Crippen molar-refractivity contribution in [3.05, 3.63) is 135 Å². The number of aryl methyl sites for hydroxylation is 1. The lowest BCUT2D eigenvalue weighted by molar-refractivity contribution is -0.129. The van der Waals surface area contributed by atoms with E-state index in [4.69, 9.17) is 19.6 Å². The SMILES string of the molecule is Cc1cccc(CNC(=O)[C@]2(Cc3ccccc3Br)N=C(c3ccc(OCCCO)cc3)O[C@@H]2c2ccccc2)c1. The molecule has 0 saturated carbocycles. The van der Waals surface area contributed by atoms with Crippen LogP contribution in [0.1, 0.15) is 40.3 Å².